The van der Waals surface area contributed by atoms with Crippen molar-refractivity contribution in [3.63, 3.8) is 0 Å². The smallest absolute Gasteiger partial charge is 0.243 e. The van der Waals surface area contributed by atoms with Gasteiger partial charge in [-0.05, 0) is 56.0 Å². The molecule has 0 spiro atoms. The van der Waals surface area contributed by atoms with Crippen molar-refractivity contribution >= 4 is 50.7 Å². The number of para-hydroxylation sites is 1. The van der Waals surface area contributed by atoms with Gasteiger partial charge in [0.05, 0.1) is 22.0 Å². The molecule has 0 aliphatic heterocycles. The molecule has 7 nitrogen and oxygen atoms in total. The number of amides is 2. The minimum atomic E-state index is -3.53. The Balaban J connectivity index is 2.24. The standard InChI is InChI=1S/C26H35Cl2N3O4S/c1-5-19(3)29-26(33)24(6-2)30(18-20-14-15-22(27)23(28)17-20)25(32)13-10-16-31(36(4,34)35)21-11-8-7-9-12-21/h7-9,11-12,14-15,17,19,24H,5-6,10,13,16,18H2,1-4H3,(H,29,33)/t19-,24-/m0/s1. The van der Waals surface area contributed by atoms with E-state index in [1.165, 1.54) is 4.31 Å². The first-order chi connectivity index (χ1) is 17.0. The van der Waals surface area contributed by atoms with E-state index in [-0.39, 0.29) is 37.4 Å². The normalized spacial score (nSPS) is 13.1. The summed E-state index contributed by atoms with van der Waals surface area (Å²) in [5, 5.41) is 3.74. The summed E-state index contributed by atoms with van der Waals surface area (Å²) >= 11 is 12.2. The van der Waals surface area contributed by atoms with Gasteiger partial charge in [-0.3, -0.25) is 13.9 Å². The van der Waals surface area contributed by atoms with Gasteiger partial charge < -0.3 is 10.2 Å². The number of carbonyl (C=O) groups excluding carboxylic acids is 2. The van der Waals surface area contributed by atoms with Crippen LogP contribution in [0.5, 0.6) is 0 Å². The number of carbonyl (C=O) groups is 2. The van der Waals surface area contributed by atoms with Crippen molar-refractivity contribution in [3.8, 4) is 0 Å². The summed E-state index contributed by atoms with van der Waals surface area (Å²) in [5.41, 5.74) is 1.29. The van der Waals surface area contributed by atoms with E-state index < -0.39 is 16.1 Å². The molecule has 36 heavy (non-hydrogen) atoms. The molecule has 2 rings (SSSR count). The van der Waals surface area contributed by atoms with E-state index in [9.17, 15) is 18.0 Å². The summed E-state index contributed by atoms with van der Waals surface area (Å²) in [4.78, 5) is 28.1. The van der Waals surface area contributed by atoms with E-state index in [1.807, 2.05) is 26.8 Å². The highest BCUT2D eigenvalue weighted by molar-refractivity contribution is 7.92. The lowest BCUT2D eigenvalue weighted by atomic mass is 10.1. The van der Waals surface area contributed by atoms with Gasteiger partial charge in [-0.25, -0.2) is 8.42 Å². The van der Waals surface area contributed by atoms with Crippen LogP contribution in [0.1, 0.15) is 52.0 Å². The molecule has 2 atom stereocenters. The molecule has 0 aromatic heterocycles. The van der Waals surface area contributed by atoms with E-state index >= 15 is 0 Å². The Bertz CT molecular complexity index is 1130. The van der Waals surface area contributed by atoms with Gasteiger partial charge in [0.15, 0.2) is 0 Å². The summed E-state index contributed by atoms with van der Waals surface area (Å²) in [6, 6.07) is 13.2. The Morgan fingerprint density at radius 2 is 1.67 bits per heavy atom. The fourth-order valence-electron chi connectivity index (χ4n) is 3.79. The number of sulfonamides is 1. The van der Waals surface area contributed by atoms with E-state index in [4.69, 9.17) is 23.2 Å². The van der Waals surface area contributed by atoms with Crippen LogP contribution < -0.4 is 9.62 Å². The first kappa shape index (κ1) is 29.9. The Labute approximate surface area is 224 Å². The van der Waals surface area contributed by atoms with Gasteiger partial charge in [-0.15, -0.1) is 0 Å². The maximum Gasteiger partial charge on any atom is 0.243 e. The maximum atomic E-state index is 13.4. The van der Waals surface area contributed by atoms with Crippen LogP contribution in [-0.4, -0.2) is 50.0 Å². The van der Waals surface area contributed by atoms with Crippen LogP contribution in [0.15, 0.2) is 48.5 Å². The van der Waals surface area contributed by atoms with E-state index in [1.54, 1.807) is 47.4 Å². The molecule has 0 bridgehead atoms. The minimum absolute atomic E-state index is 0.0253. The predicted molar refractivity (Wildman–Crippen MR) is 147 cm³/mol. The number of nitrogens with one attached hydrogen (secondary N) is 1. The Morgan fingerprint density at radius 3 is 2.22 bits per heavy atom. The summed E-state index contributed by atoms with van der Waals surface area (Å²) in [6.45, 7) is 6.07. The number of hydrogen-bond acceptors (Lipinski definition) is 4. The van der Waals surface area contributed by atoms with Crippen LogP contribution in [0.25, 0.3) is 0 Å². The third-order valence-corrected chi connectivity index (χ3v) is 7.85. The molecule has 0 unspecified atom stereocenters. The lowest BCUT2D eigenvalue weighted by Gasteiger charge is -2.32. The Kier molecular flexibility index (Phi) is 11.5. The number of anilines is 1. The molecule has 0 radical (unpaired) electrons. The quantitative estimate of drug-likeness (QED) is 0.365. The second kappa shape index (κ2) is 13.9. The zero-order valence-electron chi connectivity index (χ0n) is 21.2. The van der Waals surface area contributed by atoms with Crippen molar-refractivity contribution < 1.29 is 18.0 Å². The topological polar surface area (TPSA) is 86.8 Å². The van der Waals surface area contributed by atoms with Gasteiger partial charge in [-0.1, -0.05) is 61.3 Å². The third kappa shape index (κ3) is 8.68. The molecule has 198 valence electrons. The van der Waals surface area contributed by atoms with Crippen molar-refractivity contribution in [2.45, 2.75) is 65.1 Å². The van der Waals surface area contributed by atoms with Crippen molar-refractivity contribution in [2.24, 2.45) is 0 Å². The molecule has 2 amide bonds. The average molecular weight is 557 g/mol. The third-order valence-electron chi connectivity index (χ3n) is 5.92. The van der Waals surface area contributed by atoms with Crippen LogP contribution in [0.2, 0.25) is 10.0 Å². The van der Waals surface area contributed by atoms with Crippen LogP contribution in [0, 0.1) is 0 Å². The van der Waals surface area contributed by atoms with Crippen LogP contribution >= 0.6 is 23.2 Å². The zero-order valence-corrected chi connectivity index (χ0v) is 23.5. The summed E-state index contributed by atoms with van der Waals surface area (Å²) in [7, 11) is -3.53. The minimum Gasteiger partial charge on any atom is -0.352 e. The number of benzene rings is 2. The summed E-state index contributed by atoms with van der Waals surface area (Å²) in [6.07, 6.45) is 2.71. The predicted octanol–water partition coefficient (Wildman–Crippen LogP) is 5.26. The first-order valence-electron chi connectivity index (χ1n) is 12.0. The second-order valence-electron chi connectivity index (χ2n) is 8.79. The van der Waals surface area contributed by atoms with Crippen LogP contribution in [-0.2, 0) is 26.2 Å². The molecule has 2 aromatic carbocycles. The highest BCUT2D eigenvalue weighted by Crippen LogP contribution is 2.25. The number of halogens is 2. The molecule has 0 fully saturated rings. The van der Waals surface area contributed by atoms with Crippen LogP contribution in [0.3, 0.4) is 0 Å². The van der Waals surface area contributed by atoms with Crippen LogP contribution in [0.4, 0.5) is 5.69 Å². The number of rotatable bonds is 13. The molecule has 0 aliphatic rings. The second-order valence-corrected chi connectivity index (χ2v) is 11.5. The van der Waals surface area contributed by atoms with Gasteiger partial charge >= 0.3 is 0 Å². The van der Waals surface area contributed by atoms with E-state index in [0.29, 0.717) is 28.6 Å². The summed E-state index contributed by atoms with van der Waals surface area (Å²) in [5.74, 6) is -0.462. The zero-order chi connectivity index (χ0) is 26.9. The van der Waals surface area contributed by atoms with Crippen molar-refractivity contribution in [1.29, 1.82) is 0 Å². The fraction of sp³-hybridized carbons (Fsp3) is 0.462. The maximum absolute atomic E-state index is 13.4. The lowest BCUT2D eigenvalue weighted by Crippen LogP contribution is -2.50. The fourth-order valence-corrected chi connectivity index (χ4v) is 5.08. The molecule has 1 N–H and O–H groups in total. The van der Waals surface area contributed by atoms with Crippen molar-refractivity contribution in [3.05, 3.63) is 64.1 Å². The monoisotopic (exact) mass is 555 g/mol. The Hall–Kier alpha value is -2.29. The molecule has 2 aromatic rings. The van der Waals surface area contributed by atoms with E-state index in [0.717, 1.165) is 18.2 Å². The van der Waals surface area contributed by atoms with Crippen molar-refractivity contribution in [1.82, 2.24) is 10.2 Å². The molecule has 0 saturated heterocycles. The van der Waals surface area contributed by atoms with Crippen molar-refractivity contribution in [2.75, 3.05) is 17.1 Å². The van der Waals surface area contributed by atoms with Gasteiger partial charge in [-0.2, -0.15) is 0 Å². The molecule has 10 heteroatoms. The highest BCUT2D eigenvalue weighted by Gasteiger charge is 2.29. The number of nitrogens with zero attached hydrogens (tertiary/aromatic N) is 2. The average Bonchev–Trinajstić information content (AvgIpc) is 2.83. The molecule has 0 heterocycles. The molecular formula is C26H35Cl2N3O4S. The largest absolute Gasteiger partial charge is 0.352 e. The van der Waals surface area contributed by atoms with E-state index in [2.05, 4.69) is 5.32 Å². The SMILES string of the molecule is CC[C@H](C)NC(=O)[C@H](CC)N(Cc1ccc(Cl)c(Cl)c1)C(=O)CCCN(c1ccccc1)S(C)(=O)=O. The van der Waals surface area contributed by atoms with Gasteiger partial charge in [0.25, 0.3) is 0 Å². The van der Waals surface area contributed by atoms with Gasteiger partial charge in [0.2, 0.25) is 21.8 Å². The Morgan fingerprint density at radius 1 is 1.00 bits per heavy atom. The van der Waals surface area contributed by atoms with Gasteiger partial charge in [0.1, 0.15) is 6.04 Å². The molecule has 0 saturated carbocycles. The van der Waals surface area contributed by atoms with Gasteiger partial charge in [0, 0.05) is 25.6 Å². The molecule has 0 aliphatic carbocycles. The number of hydrogen-bond donors (Lipinski definition) is 1. The first-order valence-corrected chi connectivity index (χ1v) is 14.6. The summed E-state index contributed by atoms with van der Waals surface area (Å²) < 4.78 is 26.0. The lowest BCUT2D eigenvalue weighted by molar-refractivity contribution is -0.141. The highest BCUT2D eigenvalue weighted by atomic mass is 35.5. The molecular weight excluding hydrogens is 521 g/mol.